The number of carbonyl (C=O) groups excluding carboxylic acids is 1. The summed E-state index contributed by atoms with van der Waals surface area (Å²) in [4.78, 5) is 10.5. The zero-order chi connectivity index (χ0) is 10.3. The van der Waals surface area contributed by atoms with Gasteiger partial charge in [0.1, 0.15) is 0 Å². The second kappa shape index (κ2) is 5.94. The SMILES string of the molecule is CCC(CC)(CN)OCCC(N)=O. The van der Waals surface area contributed by atoms with Gasteiger partial charge in [0.05, 0.1) is 12.2 Å². The van der Waals surface area contributed by atoms with Gasteiger partial charge in [-0.05, 0) is 12.8 Å². The van der Waals surface area contributed by atoms with E-state index in [1.165, 1.54) is 0 Å². The number of primary amides is 1. The molecule has 0 radical (unpaired) electrons. The average Bonchev–Trinajstić information content (AvgIpc) is 2.13. The van der Waals surface area contributed by atoms with Crippen molar-refractivity contribution in [2.75, 3.05) is 13.2 Å². The normalized spacial score (nSPS) is 11.6. The molecule has 0 rings (SSSR count). The number of carbonyl (C=O) groups is 1. The molecule has 0 saturated heterocycles. The van der Waals surface area contributed by atoms with Crippen molar-refractivity contribution < 1.29 is 9.53 Å². The van der Waals surface area contributed by atoms with Crippen LogP contribution in [-0.4, -0.2) is 24.7 Å². The van der Waals surface area contributed by atoms with Crippen molar-refractivity contribution in [3.8, 4) is 0 Å². The van der Waals surface area contributed by atoms with E-state index in [4.69, 9.17) is 16.2 Å². The molecule has 0 aromatic carbocycles. The molecule has 0 spiro atoms. The molecule has 0 aliphatic rings. The van der Waals surface area contributed by atoms with Gasteiger partial charge in [0, 0.05) is 13.0 Å². The Kier molecular flexibility index (Phi) is 5.66. The van der Waals surface area contributed by atoms with E-state index in [2.05, 4.69) is 0 Å². The van der Waals surface area contributed by atoms with Crippen LogP contribution in [0.15, 0.2) is 0 Å². The van der Waals surface area contributed by atoms with Gasteiger partial charge >= 0.3 is 0 Å². The first-order chi connectivity index (χ1) is 6.10. The van der Waals surface area contributed by atoms with E-state index in [1.807, 2.05) is 13.8 Å². The van der Waals surface area contributed by atoms with Crippen LogP contribution in [0.4, 0.5) is 0 Å². The van der Waals surface area contributed by atoms with Gasteiger partial charge in [-0.2, -0.15) is 0 Å². The number of hydrogen-bond donors (Lipinski definition) is 2. The number of hydrogen-bond acceptors (Lipinski definition) is 3. The first-order valence-electron chi connectivity index (χ1n) is 4.72. The molecule has 78 valence electrons. The number of amides is 1. The first-order valence-corrected chi connectivity index (χ1v) is 4.72. The van der Waals surface area contributed by atoms with E-state index in [0.717, 1.165) is 12.8 Å². The zero-order valence-electron chi connectivity index (χ0n) is 8.51. The molecule has 1 amide bonds. The minimum absolute atomic E-state index is 0.266. The molecule has 0 atom stereocenters. The summed E-state index contributed by atoms with van der Waals surface area (Å²) in [5.74, 6) is -0.335. The zero-order valence-corrected chi connectivity index (χ0v) is 8.51. The Morgan fingerprint density at radius 1 is 1.38 bits per heavy atom. The van der Waals surface area contributed by atoms with Crippen LogP contribution in [0.5, 0.6) is 0 Å². The summed E-state index contributed by atoms with van der Waals surface area (Å²) in [6.45, 7) is 4.91. The van der Waals surface area contributed by atoms with Crippen LogP contribution < -0.4 is 11.5 Å². The predicted molar refractivity (Wildman–Crippen MR) is 52.1 cm³/mol. The highest BCUT2D eigenvalue weighted by Gasteiger charge is 2.24. The van der Waals surface area contributed by atoms with Gasteiger partial charge in [0.15, 0.2) is 0 Å². The van der Waals surface area contributed by atoms with Gasteiger partial charge in [0.2, 0.25) is 5.91 Å². The van der Waals surface area contributed by atoms with Crippen molar-refractivity contribution in [1.82, 2.24) is 0 Å². The van der Waals surface area contributed by atoms with Crippen LogP contribution in [0.25, 0.3) is 0 Å². The van der Waals surface area contributed by atoms with Crippen molar-refractivity contribution in [2.45, 2.75) is 38.7 Å². The molecule has 0 aliphatic carbocycles. The van der Waals surface area contributed by atoms with E-state index >= 15 is 0 Å². The van der Waals surface area contributed by atoms with Gasteiger partial charge in [-0.3, -0.25) is 4.79 Å². The summed E-state index contributed by atoms with van der Waals surface area (Å²) in [6, 6.07) is 0. The van der Waals surface area contributed by atoms with Crippen molar-refractivity contribution in [3.63, 3.8) is 0 Å². The number of ether oxygens (including phenoxy) is 1. The maximum absolute atomic E-state index is 10.5. The van der Waals surface area contributed by atoms with E-state index in [9.17, 15) is 4.79 Å². The van der Waals surface area contributed by atoms with Crippen molar-refractivity contribution in [3.05, 3.63) is 0 Å². The van der Waals surface area contributed by atoms with Gasteiger partial charge in [0.25, 0.3) is 0 Å². The summed E-state index contributed by atoms with van der Waals surface area (Å²) in [7, 11) is 0. The second-order valence-electron chi connectivity index (χ2n) is 3.16. The van der Waals surface area contributed by atoms with Crippen LogP contribution in [-0.2, 0) is 9.53 Å². The third-order valence-electron chi connectivity index (χ3n) is 2.42. The molecule has 0 bridgehead atoms. The Hall–Kier alpha value is -0.610. The second-order valence-corrected chi connectivity index (χ2v) is 3.16. The topological polar surface area (TPSA) is 78.3 Å². The third-order valence-corrected chi connectivity index (χ3v) is 2.42. The average molecular weight is 188 g/mol. The standard InChI is InChI=1S/C9H20N2O2/c1-3-9(4-2,7-10)13-6-5-8(11)12/h3-7,10H2,1-2H3,(H2,11,12). The minimum Gasteiger partial charge on any atom is -0.373 e. The fourth-order valence-corrected chi connectivity index (χ4v) is 1.17. The van der Waals surface area contributed by atoms with Crippen molar-refractivity contribution >= 4 is 5.91 Å². The molecule has 4 nitrogen and oxygen atoms in total. The number of rotatable bonds is 7. The van der Waals surface area contributed by atoms with Gasteiger partial charge < -0.3 is 16.2 Å². The fraction of sp³-hybridized carbons (Fsp3) is 0.889. The van der Waals surface area contributed by atoms with Gasteiger partial charge in [-0.25, -0.2) is 0 Å². The quantitative estimate of drug-likeness (QED) is 0.607. The lowest BCUT2D eigenvalue weighted by molar-refractivity contribution is -0.121. The van der Waals surface area contributed by atoms with E-state index in [1.54, 1.807) is 0 Å². The van der Waals surface area contributed by atoms with Gasteiger partial charge in [-0.1, -0.05) is 13.8 Å². The lowest BCUT2D eigenvalue weighted by Crippen LogP contribution is -2.40. The lowest BCUT2D eigenvalue weighted by Gasteiger charge is -2.30. The molecule has 0 saturated carbocycles. The molecule has 0 aromatic heterocycles. The Morgan fingerprint density at radius 3 is 2.23 bits per heavy atom. The van der Waals surface area contributed by atoms with Crippen LogP contribution in [0.1, 0.15) is 33.1 Å². The predicted octanol–water partition coefficient (Wildman–Crippen LogP) is 0.396. The van der Waals surface area contributed by atoms with E-state index in [0.29, 0.717) is 13.2 Å². The Bertz CT molecular complexity index is 147. The molecule has 0 fully saturated rings. The number of nitrogens with two attached hydrogens (primary N) is 2. The maximum Gasteiger partial charge on any atom is 0.219 e. The highest BCUT2D eigenvalue weighted by molar-refractivity contribution is 5.73. The minimum atomic E-state index is -0.335. The monoisotopic (exact) mass is 188 g/mol. The van der Waals surface area contributed by atoms with Crippen molar-refractivity contribution in [2.24, 2.45) is 11.5 Å². The van der Waals surface area contributed by atoms with Crippen LogP contribution in [0.3, 0.4) is 0 Å². The largest absolute Gasteiger partial charge is 0.373 e. The molecule has 0 heterocycles. The molecular weight excluding hydrogens is 168 g/mol. The van der Waals surface area contributed by atoms with Crippen LogP contribution in [0, 0.1) is 0 Å². The summed E-state index contributed by atoms with van der Waals surface area (Å²) < 4.78 is 5.56. The van der Waals surface area contributed by atoms with E-state index < -0.39 is 0 Å². The molecule has 4 N–H and O–H groups in total. The fourth-order valence-electron chi connectivity index (χ4n) is 1.17. The lowest BCUT2D eigenvalue weighted by atomic mass is 9.97. The summed E-state index contributed by atoms with van der Waals surface area (Å²) >= 11 is 0. The molecule has 13 heavy (non-hydrogen) atoms. The summed E-state index contributed by atoms with van der Waals surface area (Å²) in [5.41, 5.74) is 10.3. The maximum atomic E-state index is 10.5. The molecule has 0 aromatic rings. The van der Waals surface area contributed by atoms with Crippen LogP contribution >= 0.6 is 0 Å². The third kappa shape index (κ3) is 4.24. The Morgan fingerprint density at radius 2 is 1.92 bits per heavy atom. The molecule has 4 heteroatoms. The highest BCUT2D eigenvalue weighted by Crippen LogP contribution is 2.18. The highest BCUT2D eigenvalue weighted by atomic mass is 16.5. The summed E-state index contributed by atoms with van der Waals surface area (Å²) in [5, 5.41) is 0. The first kappa shape index (κ1) is 12.4. The Labute approximate surface area is 79.6 Å². The molecule has 0 aliphatic heterocycles. The van der Waals surface area contributed by atoms with Crippen molar-refractivity contribution in [1.29, 1.82) is 0 Å². The molecule has 0 unspecified atom stereocenters. The smallest absolute Gasteiger partial charge is 0.219 e. The van der Waals surface area contributed by atoms with Gasteiger partial charge in [-0.15, -0.1) is 0 Å². The summed E-state index contributed by atoms with van der Waals surface area (Å²) in [6.07, 6.45) is 1.99. The molecular formula is C9H20N2O2. The van der Waals surface area contributed by atoms with E-state index in [-0.39, 0.29) is 17.9 Å². The van der Waals surface area contributed by atoms with Crippen LogP contribution in [0.2, 0.25) is 0 Å². The Balaban J connectivity index is 3.88.